The third-order valence-corrected chi connectivity index (χ3v) is 11.0. The van der Waals surface area contributed by atoms with Gasteiger partial charge in [0.1, 0.15) is 0 Å². The summed E-state index contributed by atoms with van der Waals surface area (Å²) in [4.78, 5) is 24.0. The number of rotatable bonds is 5. The maximum Gasteiger partial charge on any atom is 0.305 e. The number of halogens is 1. The Labute approximate surface area is 193 Å². The second-order valence-corrected chi connectivity index (χ2v) is 12.1. The van der Waals surface area contributed by atoms with Crippen LogP contribution in [0.15, 0.2) is 0 Å². The van der Waals surface area contributed by atoms with Crippen LogP contribution in [0.4, 0.5) is 4.39 Å². The van der Waals surface area contributed by atoms with Crippen LogP contribution >= 0.6 is 0 Å². The molecule has 1 unspecified atom stereocenters. The zero-order chi connectivity index (χ0) is 23.4. The van der Waals surface area contributed by atoms with Gasteiger partial charge in [-0.2, -0.15) is 0 Å². The first kappa shape index (κ1) is 24.2. The average molecular weight is 451 g/mol. The Morgan fingerprint density at radius 3 is 2.53 bits per heavy atom. The Morgan fingerprint density at radius 2 is 1.88 bits per heavy atom. The molecule has 0 heterocycles. The lowest BCUT2D eigenvalue weighted by molar-refractivity contribution is -0.207. The van der Waals surface area contributed by atoms with Crippen LogP contribution in [0.5, 0.6) is 0 Å². The van der Waals surface area contributed by atoms with Crippen LogP contribution in [0.2, 0.25) is 0 Å². The van der Waals surface area contributed by atoms with Gasteiger partial charge in [-0.05, 0) is 84.9 Å². The van der Waals surface area contributed by atoms with Gasteiger partial charge in [0.2, 0.25) is 0 Å². The van der Waals surface area contributed by atoms with Crippen molar-refractivity contribution in [3.05, 3.63) is 0 Å². The van der Waals surface area contributed by atoms with E-state index in [0.717, 1.165) is 44.9 Å². The number of ketones is 1. The summed E-state index contributed by atoms with van der Waals surface area (Å²) in [5.74, 6) is 1.02. The Bertz CT molecular complexity index is 739. The standard InChI is InChI=1S/C27H43FO4/c1-6-16-23-24(28)20(29)12-14-27(23,4)19-11-13-26(3)17(15(2)7-10-21(30)32-5)8-9-18(26)22(19)25(16)31/h15-19,22-25,31H,6-14H2,1-5H3/t15?,16-,17-,18+,19+,22+,23-,24+,25-,26-,27-/m1/s1. The molecule has 0 spiro atoms. The summed E-state index contributed by atoms with van der Waals surface area (Å²) in [6, 6.07) is 0. The summed E-state index contributed by atoms with van der Waals surface area (Å²) < 4.78 is 20.2. The summed E-state index contributed by atoms with van der Waals surface area (Å²) in [7, 11) is 1.45. The van der Waals surface area contributed by atoms with E-state index in [1.54, 1.807) is 0 Å². The number of hydrogen-bond acceptors (Lipinski definition) is 4. The molecule has 5 heteroatoms. The molecule has 0 radical (unpaired) electrons. The number of fused-ring (bicyclic) bond motifs is 5. The predicted octanol–water partition coefficient (Wildman–Crippen LogP) is 5.36. The van der Waals surface area contributed by atoms with E-state index < -0.39 is 12.3 Å². The molecular weight excluding hydrogens is 407 g/mol. The molecule has 4 aliphatic rings. The third-order valence-electron chi connectivity index (χ3n) is 11.0. The van der Waals surface area contributed by atoms with Crippen molar-refractivity contribution in [3.8, 4) is 0 Å². The fraction of sp³-hybridized carbons (Fsp3) is 0.926. The summed E-state index contributed by atoms with van der Waals surface area (Å²) in [5, 5.41) is 11.7. The number of carbonyl (C=O) groups is 2. The lowest BCUT2D eigenvalue weighted by Crippen LogP contribution is -2.64. The van der Waals surface area contributed by atoms with Crippen LogP contribution in [0.25, 0.3) is 0 Å². The second kappa shape index (κ2) is 8.67. The zero-order valence-electron chi connectivity index (χ0n) is 20.6. The fourth-order valence-electron chi connectivity index (χ4n) is 9.43. The van der Waals surface area contributed by atoms with Crippen LogP contribution in [0.3, 0.4) is 0 Å². The lowest BCUT2D eigenvalue weighted by Gasteiger charge is -2.64. The molecule has 4 aliphatic carbocycles. The summed E-state index contributed by atoms with van der Waals surface area (Å²) >= 11 is 0. The molecule has 0 aromatic heterocycles. The first-order chi connectivity index (χ1) is 15.1. The fourth-order valence-corrected chi connectivity index (χ4v) is 9.43. The number of hydrogen-bond donors (Lipinski definition) is 1. The number of Topliss-reactive ketones (excluding diaryl/α,β-unsaturated/α-hetero) is 1. The maximum atomic E-state index is 15.3. The van der Waals surface area contributed by atoms with E-state index in [-0.39, 0.29) is 40.3 Å². The van der Waals surface area contributed by atoms with Crippen molar-refractivity contribution in [1.82, 2.24) is 0 Å². The van der Waals surface area contributed by atoms with Gasteiger partial charge in [-0.25, -0.2) is 4.39 Å². The molecule has 182 valence electrons. The minimum Gasteiger partial charge on any atom is -0.469 e. The first-order valence-electron chi connectivity index (χ1n) is 13.0. The van der Waals surface area contributed by atoms with Crippen molar-refractivity contribution in [1.29, 1.82) is 0 Å². The van der Waals surface area contributed by atoms with Crippen molar-refractivity contribution in [2.24, 2.45) is 52.3 Å². The molecule has 4 rings (SSSR count). The minimum atomic E-state index is -1.42. The van der Waals surface area contributed by atoms with Crippen LogP contribution in [0, 0.1) is 52.3 Å². The molecule has 0 aliphatic heterocycles. The molecule has 11 atom stereocenters. The number of alkyl halides is 1. The molecule has 0 bridgehead atoms. The van der Waals surface area contributed by atoms with Gasteiger partial charge in [-0.3, -0.25) is 9.59 Å². The van der Waals surface area contributed by atoms with Crippen molar-refractivity contribution in [2.45, 2.75) is 97.8 Å². The Kier molecular flexibility index (Phi) is 6.55. The number of carbonyl (C=O) groups excluding carboxylic acids is 2. The number of aliphatic hydroxyl groups excluding tert-OH is 1. The molecule has 4 nitrogen and oxygen atoms in total. The lowest BCUT2D eigenvalue weighted by atomic mass is 9.41. The molecule has 0 saturated heterocycles. The Hall–Kier alpha value is -0.970. The predicted molar refractivity (Wildman–Crippen MR) is 121 cm³/mol. The monoisotopic (exact) mass is 450 g/mol. The van der Waals surface area contributed by atoms with Gasteiger partial charge >= 0.3 is 5.97 Å². The molecule has 0 aromatic rings. The zero-order valence-corrected chi connectivity index (χ0v) is 20.6. The highest BCUT2D eigenvalue weighted by molar-refractivity contribution is 5.84. The number of methoxy groups -OCH3 is 1. The smallest absolute Gasteiger partial charge is 0.305 e. The second-order valence-electron chi connectivity index (χ2n) is 12.1. The van der Waals surface area contributed by atoms with Gasteiger partial charge in [-0.1, -0.05) is 34.1 Å². The van der Waals surface area contributed by atoms with Crippen LogP contribution in [0.1, 0.15) is 85.5 Å². The normalized spacial score (nSPS) is 49.0. The molecule has 32 heavy (non-hydrogen) atoms. The van der Waals surface area contributed by atoms with Gasteiger partial charge < -0.3 is 9.84 Å². The van der Waals surface area contributed by atoms with Crippen LogP contribution in [-0.4, -0.2) is 36.2 Å². The van der Waals surface area contributed by atoms with Gasteiger partial charge in [0.15, 0.2) is 12.0 Å². The summed E-state index contributed by atoms with van der Waals surface area (Å²) in [6.07, 6.45) is 5.56. The van der Waals surface area contributed by atoms with Crippen molar-refractivity contribution < 1.29 is 23.8 Å². The quantitative estimate of drug-likeness (QED) is 0.573. The summed E-state index contributed by atoms with van der Waals surface area (Å²) in [5.41, 5.74) is -0.0490. The van der Waals surface area contributed by atoms with Gasteiger partial charge in [0.25, 0.3) is 0 Å². The maximum absolute atomic E-state index is 15.3. The molecule has 0 aromatic carbocycles. The van der Waals surface area contributed by atoms with E-state index >= 15 is 4.39 Å². The van der Waals surface area contributed by atoms with E-state index in [1.807, 2.05) is 0 Å². The van der Waals surface area contributed by atoms with Gasteiger partial charge in [0, 0.05) is 18.8 Å². The average Bonchev–Trinajstić information content (AvgIpc) is 3.13. The van der Waals surface area contributed by atoms with Crippen LogP contribution in [-0.2, 0) is 14.3 Å². The van der Waals surface area contributed by atoms with E-state index in [1.165, 1.54) is 7.11 Å². The Balaban J connectivity index is 1.61. The number of esters is 1. The first-order valence-corrected chi connectivity index (χ1v) is 13.0. The number of aliphatic hydroxyl groups is 1. The minimum absolute atomic E-state index is 0.139. The highest BCUT2D eigenvalue weighted by Crippen LogP contribution is 2.69. The molecule has 4 fully saturated rings. The molecular formula is C27H43FO4. The van der Waals surface area contributed by atoms with E-state index in [4.69, 9.17) is 4.74 Å². The molecule has 0 amide bonds. The Morgan fingerprint density at radius 1 is 1.19 bits per heavy atom. The van der Waals surface area contributed by atoms with Crippen molar-refractivity contribution >= 4 is 11.8 Å². The van der Waals surface area contributed by atoms with Crippen molar-refractivity contribution in [2.75, 3.05) is 7.11 Å². The van der Waals surface area contributed by atoms with Gasteiger partial charge in [-0.15, -0.1) is 0 Å². The highest BCUT2D eigenvalue weighted by Gasteiger charge is 2.66. The topological polar surface area (TPSA) is 63.6 Å². The third kappa shape index (κ3) is 3.47. The molecule has 4 saturated carbocycles. The van der Waals surface area contributed by atoms with Crippen LogP contribution < -0.4 is 0 Å². The summed E-state index contributed by atoms with van der Waals surface area (Å²) in [6.45, 7) is 8.98. The number of ether oxygens (including phenoxy) is 1. The van der Waals surface area contributed by atoms with E-state index in [2.05, 4.69) is 27.7 Å². The highest BCUT2D eigenvalue weighted by atomic mass is 19.1. The van der Waals surface area contributed by atoms with Crippen molar-refractivity contribution in [3.63, 3.8) is 0 Å². The van der Waals surface area contributed by atoms with E-state index in [0.29, 0.717) is 36.5 Å². The van der Waals surface area contributed by atoms with E-state index in [9.17, 15) is 14.7 Å². The SMILES string of the molecule is CC[C@H]1[C@@H](O)[C@@H]2[C@H](CC[C@]3(C)[C@@H](C(C)CCC(=O)OC)CC[C@@H]23)[C@@]2(C)CCC(=O)[C@H](F)[C@@H]12. The van der Waals surface area contributed by atoms with Gasteiger partial charge in [0.05, 0.1) is 13.2 Å². The molecule has 1 N–H and O–H groups in total. The largest absolute Gasteiger partial charge is 0.469 e.